The highest BCUT2D eigenvalue weighted by atomic mass is 32.2. The van der Waals surface area contributed by atoms with E-state index in [0.29, 0.717) is 17.5 Å². The second-order valence-electron chi connectivity index (χ2n) is 6.36. The second kappa shape index (κ2) is 9.88. The van der Waals surface area contributed by atoms with Crippen LogP contribution in [-0.4, -0.2) is 31.3 Å². The lowest BCUT2D eigenvalue weighted by molar-refractivity contribution is -0.383. The summed E-state index contributed by atoms with van der Waals surface area (Å²) in [5.41, 5.74) is 1.16. The molecular formula is C20H21N5O4S. The number of aromatic nitrogens is 3. The number of para-hydroxylation sites is 2. The van der Waals surface area contributed by atoms with Gasteiger partial charge in [-0.3, -0.25) is 14.9 Å². The highest BCUT2D eigenvalue weighted by Crippen LogP contribution is 2.24. The molecule has 0 atom stereocenters. The molecule has 1 amide bonds. The molecule has 0 saturated heterocycles. The molecule has 3 rings (SSSR count). The lowest BCUT2D eigenvalue weighted by atomic mass is 10.2. The Morgan fingerprint density at radius 1 is 1.20 bits per heavy atom. The van der Waals surface area contributed by atoms with E-state index in [1.54, 1.807) is 12.1 Å². The second-order valence-corrected chi connectivity index (χ2v) is 7.30. The van der Waals surface area contributed by atoms with Crippen LogP contribution in [0.4, 0.5) is 11.4 Å². The molecule has 10 heteroatoms. The molecule has 0 unspecified atom stereocenters. The van der Waals surface area contributed by atoms with E-state index in [0.717, 1.165) is 11.3 Å². The molecule has 3 aromatic rings. The van der Waals surface area contributed by atoms with E-state index in [1.165, 1.54) is 23.9 Å². The summed E-state index contributed by atoms with van der Waals surface area (Å²) < 4.78 is 7.64. The van der Waals surface area contributed by atoms with Crippen molar-refractivity contribution in [2.24, 2.45) is 0 Å². The number of amides is 1. The van der Waals surface area contributed by atoms with E-state index in [4.69, 9.17) is 4.74 Å². The van der Waals surface area contributed by atoms with Crippen LogP contribution in [0, 0.1) is 17.0 Å². The molecule has 0 saturated carbocycles. The Morgan fingerprint density at radius 3 is 2.63 bits per heavy atom. The van der Waals surface area contributed by atoms with E-state index < -0.39 is 4.92 Å². The average molecular weight is 427 g/mol. The van der Waals surface area contributed by atoms with Gasteiger partial charge in [-0.05, 0) is 32.0 Å². The number of nitro groups is 1. The van der Waals surface area contributed by atoms with Gasteiger partial charge in [0.15, 0.2) is 11.0 Å². The van der Waals surface area contributed by atoms with Gasteiger partial charge in [-0.1, -0.05) is 41.6 Å². The monoisotopic (exact) mass is 427 g/mol. The summed E-state index contributed by atoms with van der Waals surface area (Å²) in [6.07, 6.45) is 0. The minimum Gasteiger partial charge on any atom is -0.486 e. The summed E-state index contributed by atoms with van der Waals surface area (Å²) in [5.74, 6) is 1.07. The summed E-state index contributed by atoms with van der Waals surface area (Å²) in [5, 5.41) is 22.5. The van der Waals surface area contributed by atoms with Gasteiger partial charge >= 0.3 is 0 Å². The molecule has 1 N–H and O–H groups in total. The quantitative estimate of drug-likeness (QED) is 0.314. The Labute approximate surface area is 177 Å². The first-order valence-electron chi connectivity index (χ1n) is 9.25. The van der Waals surface area contributed by atoms with Crippen molar-refractivity contribution in [2.75, 3.05) is 11.1 Å². The number of benzene rings is 2. The smallest absolute Gasteiger partial charge is 0.292 e. The van der Waals surface area contributed by atoms with E-state index in [1.807, 2.05) is 42.7 Å². The van der Waals surface area contributed by atoms with Crippen molar-refractivity contribution in [1.29, 1.82) is 0 Å². The minimum atomic E-state index is -0.531. The summed E-state index contributed by atoms with van der Waals surface area (Å²) in [6, 6.07) is 13.7. The van der Waals surface area contributed by atoms with Crippen LogP contribution in [0.3, 0.4) is 0 Å². The molecule has 1 aromatic heterocycles. The molecule has 0 aliphatic carbocycles. The maximum Gasteiger partial charge on any atom is 0.292 e. The number of nitro benzene ring substituents is 1. The predicted octanol–water partition coefficient (Wildman–Crippen LogP) is 3.82. The zero-order valence-electron chi connectivity index (χ0n) is 16.6. The molecule has 9 nitrogen and oxygen atoms in total. The number of rotatable bonds is 9. The van der Waals surface area contributed by atoms with Crippen molar-refractivity contribution in [3.05, 3.63) is 70.0 Å². The number of nitrogens with one attached hydrogen (secondary N) is 1. The SMILES string of the molecule is CCn1c(COc2ccc(C)cc2)nnc1SCC(=O)Nc1ccccc1[N+](=O)[O-]. The Kier molecular flexibility index (Phi) is 7.02. The van der Waals surface area contributed by atoms with Crippen LogP contribution in [-0.2, 0) is 17.9 Å². The Hall–Kier alpha value is -3.40. The molecular weight excluding hydrogens is 406 g/mol. The number of anilines is 1. The lowest BCUT2D eigenvalue weighted by Crippen LogP contribution is -2.15. The molecule has 0 radical (unpaired) electrons. The first kappa shape index (κ1) is 21.3. The van der Waals surface area contributed by atoms with Crippen molar-refractivity contribution in [3.8, 4) is 5.75 Å². The van der Waals surface area contributed by atoms with Crippen molar-refractivity contribution >= 4 is 29.0 Å². The third-order valence-electron chi connectivity index (χ3n) is 4.21. The number of ether oxygens (including phenoxy) is 1. The molecule has 0 fully saturated rings. The van der Waals surface area contributed by atoms with Gasteiger partial charge in [-0.25, -0.2) is 0 Å². The first-order valence-corrected chi connectivity index (χ1v) is 10.2. The van der Waals surface area contributed by atoms with Crippen molar-refractivity contribution in [1.82, 2.24) is 14.8 Å². The van der Waals surface area contributed by atoms with Gasteiger partial charge in [-0.15, -0.1) is 10.2 Å². The third-order valence-corrected chi connectivity index (χ3v) is 5.17. The third kappa shape index (κ3) is 5.35. The van der Waals surface area contributed by atoms with E-state index in [9.17, 15) is 14.9 Å². The number of thioether (sulfide) groups is 1. The molecule has 0 bridgehead atoms. The fourth-order valence-corrected chi connectivity index (χ4v) is 3.51. The largest absolute Gasteiger partial charge is 0.486 e. The van der Waals surface area contributed by atoms with Crippen LogP contribution in [0.2, 0.25) is 0 Å². The van der Waals surface area contributed by atoms with Crippen LogP contribution < -0.4 is 10.1 Å². The summed E-state index contributed by atoms with van der Waals surface area (Å²) in [6.45, 7) is 4.84. The van der Waals surface area contributed by atoms with Gasteiger partial charge < -0.3 is 14.6 Å². The molecule has 30 heavy (non-hydrogen) atoms. The molecule has 0 aliphatic rings. The molecule has 0 aliphatic heterocycles. The Bertz CT molecular complexity index is 1040. The van der Waals surface area contributed by atoms with Gasteiger partial charge in [0.1, 0.15) is 18.0 Å². The first-order chi connectivity index (χ1) is 14.5. The van der Waals surface area contributed by atoms with Crippen LogP contribution in [0.1, 0.15) is 18.3 Å². The minimum absolute atomic E-state index is 0.0446. The number of nitrogens with zero attached hydrogens (tertiary/aromatic N) is 4. The molecule has 2 aromatic carbocycles. The molecule has 0 spiro atoms. The van der Waals surface area contributed by atoms with Gasteiger partial charge in [-0.2, -0.15) is 0 Å². The Balaban J connectivity index is 1.60. The lowest BCUT2D eigenvalue weighted by Gasteiger charge is -2.09. The summed E-state index contributed by atoms with van der Waals surface area (Å²) in [4.78, 5) is 22.8. The zero-order chi connectivity index (χ0) is 21.5. The van der Waals surface area contributed by atoms with Gasteiger partial charge in [0.05, 0.1) is 10.7 Å². The van der Waals surface area contributed by atoms with Crippen LogP contribution >= 0.6 is 11.8 Å². The van der Waals surface area contributed by atoms with Crippen LogP contribution in [0.25, 0.3) is 0 Å². The number of aryl methyl sites for hydroxylation is 1. The predicted molar refractivity (Wildman–Crippen MR) is 114 cm³/mol. The van der Waals surface area contributed by atoms with E-state index >= 15 is 0 Å². The van der Waals surface area contributed by atoms with Gasteiger partial charge in [0.2, 0.25) is 5.91 Å². The van der Waals surface area contributed by atoms with E-state index in [2.05, 4.69) is 15.5 Å². The topological polar surface area (TPSA) is 112 Å². The van der Waals surface area contributed by atoms with Crippen molar-refractivity contribution < 1.29 is 14.5 Å². The fourth-order valence-electron chi connectivity index (χ4n) is 2.69. The summed E-state index contributed by atoms with van der Waals surface area (Å²) >= 11 is 1.21. The number of hydrogen-bond acceptors (Lipinski definition) is 7. The van der Waals surface area contributed by atoms with Gasteiger partial charge in [0, 0.05) is 12.6 Å². The standard InChI is InChI=1S/C20H21N5O4S/c1-3-24-18(12-29-15-10-8-14(2)9-11-15)22-23-20(24)30-13-19(26)21-16-6-4-5-7-17(16)25(27)28/h4-11H,3,12-13H2,1-2H3,(H,21,26). The Morgan fingerprint density at radius 2 is 1.93 bits per heavy atom. The maximum absolute atomic E-state index is 12.3. The van der Waals surface area contributed by atoms with Crippen LogP contribution in [0.5, 0.6) is 5.75 Å². The highest BCUT2D eigenvalue weighted by molar-refractivity contribution is 7.99. The van der Waals surface area contributed by atoms with Crippen LogP contribution in [0.15, 0.2) is 53.7 Å². The number of carbonyl (C=O) groups is 1. The number of hydrogen-bond donors (Lipinski definition) is 1. The van der Waals surface area contributed by atoms with Crippen molar-refractivity contribution in [2.45, 2.75) is 32.2 Å². The van der Waals surface area contributed by atoms with E-state index in [-0.39, 0.29) is 29.6 Å². The molecule has 1 heterocycles. The van der Waals surface area contributed by atoms with Gasteiger partial charge in [0.25, 0.3) is 5.69 Å². The fraction of sp³-hybridized carbons (Fsp3) is 0.250. The maximum atomic E-state index is 12.3. The molecule has 156 valence electrons. The normalized spacial score (nSPS) is 10.6. The number of carbonyl (C=O) groups excluding carboxylic acids is 1. The average Bonchev–Trinajstić information content (AvgIpc) is 3.14. The highest BCUT2D eigenvalue weighted by Gasteiger charge is 2.17. The van der Waals surface area contributed by atoms with Crippen molar-refractivity contribution in [3.63, 3.8) is 0 Å². The summed E-state index contributed by atoms with van der Waals surface area (Å²) in [7, 11) is 0. The zero-order valence-corrected chi connectivity index (χ0v) is 17.4.